The molecule has 0 spiro atoms. The van der Waals surface area contributed by atoms with Crippen LogP contribution in [0.5, 0.6) is 0 Å². The largest absolute Gasteiger partial charge is 0.378 e. The number of nitrogens with zero attached hydrogens (tertiary/aromatic N) is 3. The first kappa shape index (κ1) is 20.6. The molecule has 2 saturated heterocycles. The minimum atomic E-state index is 0.128. The minimum absolute atomic E-state index is 0.128. The van der Waals surface area contributed by atoms with E-state index in [1.807, 2.05) is 4.90 Å². The van der Waals surface area contributed by atoms with Crippen LogP contribution in [0.2, 0.25) is 0 Å². The Bertz CT molecular complexity index is 365. The van der Waals surface area contributed by atoms with E-state index in [9.17, 15) is 4.79 Å². The van der Waals surface area contributed by atoms with Crippen molar-refractivity contribution in [1.29, 1.82) is 0 Å². The zero-order valence-corrected chi connectivity index (χ0v) is 16.3. The van der Waals surface area contributed by atoms with Crippen molar-refractivity contribution in [3.05, 3.63) is 0 Å². The fraction of sp³-hybridized carbons (Fsp3) is 0.947. The van der Waals surface area contributed by atoms with Crippen LogP contribution >= 0.6 is 0 Å². The molecule has 0 aromatic heterocycles. The Morgan fingerprint density at radius 1 is 0.880 bits per heavy atom. The lowest BCUT2D eigenvalue weighted by molar-refractivity contribution is -0.138. The van der Waals surface area contributed by atoms with Gasteiger partial charge in [-0.25, -0.2) is 0 Å². The summed E-state index contributed by atoms with van der Waals surface area (Å²) < 4.78 is 11.1. The fourth-order valence-electron chi connectivity index (χ4n) is 3.58. The molecule has 0 radical (unpaired) electrons. The van der Waals surface area contributed by atoms with E-state index >= 15 is 0 Å². The summed E-state index contributed by atoms with van der Waals surface area (Å²) in [6.07, 6.45) is 3.50. The van der Waals surface area contributed by atoms with Gasteiger partial charge in [-0.15, -0.1) is 0 Å². The van der Waals surface area contributed by atoms with Crippen LogP contribution in [0.25, 0.3) is 0 Å². The number of likely N-dealkylation sites (tertiary alicyclic amines) is 1. The van der Waals surface area contributed by atoms with Crippen molar-refractivity contribution in [2.45, 2.75) is 33.1 Å². The predicted octanol–water partition coefficient (Wildman–Crippen LogP) is 1.31. The van der Waals surface area contributed by atoms with Crippen LogP contribution < -0.4 is 0 Å². The Kier molecular flexibility index (Phi) is 9.76. The molecule has 1 amide bonds. The van der Waals surface area contributed by atoms with Gasteiger partial charge in [0.2, 0.25) is 5.91 Å². The van der Waals surface area contributed by atoms with Gasteiger partial charge in [-0.05, 0) is 25.3 Å². The summed E-state index contributed by atoms with van der Waals surface area (Å²) in [5, 5.41) is 0. The first-order valence-corrected chi connectivity index (χ1v) is 10.1. The second-order valence-corrected chi connectivity index (χ2v) is 7.17. The first-order valence-electron chi connectivity index (χ1n) is 10.1. The SMILES string of the molecule is CCC1CCN(C(=O)COCCOCCN2CCN(CC)CC2)CC1. The van der Waals surface area contributed by atoms with Gasteiger partial charge in [0, 0.05) is 45.8 Å². The van der Waals surface area contributed by atoms with Gasteiger partial charge in [0.05, 0.1) is 19.8 Å². The quantitative estimate of drug-likeness (QED) is 0.553. The van der Waals surface area contributed by atoms with Gasteiger partial charge in [-0.3, -0.25) is 9.69 Å². The third-order valence-electron chi connectivity index (χ3n) is 5.61. The average Bonchev–Trinajstić information content (AvgIpc) is 2.67. The van der Waals surface area contributed by atoms with E-state index in [2.05, 4.69) is 23.6 Å². The summed E-state index contributed by atoms with van der Waals surface area (Å²) in [6, 6.07) is 0. The molecule has 2 fully saturated rings. The van der Waals surface area contributed by atoms with Crippen LogP contribution in [0.4, 0.5) is 0 Å². The van der Waals surface area contributed by atoms with E-state index < -0.39 is 0 Å². The van der Waals surface area contributed by atoms with E-state index in [1.54, 1.807) is 0 Å². The number of hydrogen-bond acceptors (Lipinski definition) is 5. The maximum atomic E-state index is 12.1. The second-order valence-electron chi connectivity index (χ2n) is 7.17. The Balaban J connectivity index is 1.41. The molecule has 0 aromatic rings. The van der Waals surface area contributed by atoms with Crippen LogP contribution in [-0.4, -0.2) is 99.4 Å². The molecule has 6 heteroatoms. The summed E-state index contributed by atoms with van der Waals surface area (Å²) in [5.41, 5.74) is 0. The molecule has 6 nitrogen and oxygen atoms in total. The summed E-state index contributed by atoms with van der Waals surface area (Å²) in [4.78, 5) is 19.0. The molecule has 0 bridgehead atoms. The zero-order chi connectivity index (χ0) is 17.9. The highest BCUT2D eigenvalue weighted by atomic mass is 16.5. The molecular weight excluding hydrogens is 318 g/mol. The molecule has 2 aliphatic rings. The van der Waals surface area contributed by atoms with Crippen LogP contribution in [0.1, 0.15) is 33.1 Å². The molecular formula is C19H37N3O3. The summed E-state index contributed by atoms with van der Waals surface area (Å²) in [6.45, 7) is 15.0. The lowest BCUT2D eigenvalue weighted by Crippen LogP contribution is -2.47. The van der Waals surface area contributed by atoms with Crippen molar-refractivity contribution in [2.24, 2.45) is 5.92 Å². The van der Waals surface area contributed by atoms with E-state index in [1.165, 1.54) is 6.42 Å². The van der Waals surface area contributed by atoms with Gasteiger partial charge >= 0.3 is 0 Å². The summed E-state index contributed by atoms with van der Waals surface area (Å²) >= 11 is 0. The molecule has 0 N–H and O–H groups in total. The summed E-state index contributed by atoms with van der Waals surface area (Å²) in [7, 11) is 0. The Morgan fingerprint density at radius 3 is 2.16 bits per heavy atom. The smallest absolute Gasteiger partial charge is 0.248 e. The molecule has 2 aliphatic heterocycles. The van der Waals surface area contributed by atoms with Crippen molar-refractivity contribution in [3.63, 3.8) is 0 Å². The number of carbonyl (C=O) groups excluding carboxylic acids is 1. The standard InChI is InChI=1S/C19H37N3O3/c1-3-18-5-7-22(8-6-18)19(23)17-25-16-15-24-14-13-21-11-9-20(4-2)10-12-21/h18H,3-17H2,1-2H3. The molecule has 146 valence electrons. The monoisotopic (exact) mass is 355 g/mol. The van der Waals surface area contributed by atoms with E-state index in [0.717, 1.165) is 77.7 Å². The number of amides is 1. The Labute approximate surface area is 153 Å². The highest BCUT2D eigenvalue weighted by Gasteiger charge is 2.21. The van der Waals surface area contributed by atoms with Crippen LogP contribution in [0.15, 0.2) is 0 Å². The normalized spacial score (nSPS) is 21.0. The van der Waals surface area contributed by atoms with E-state index in [4.69, 9.17) is 9.47 Å². The molecule has 2 heterocycles. The number of likely N-dealkylation sites (N-methyl/N-ethyl adjacent to an activating group) is 1. The van der Waals surface area contributed by atoms with Gasteiger partial charge in [0.15, 0.2) is 0 Å². The number of carbonyl (C=O) groups is 1. The molecule has 25 heavy (non-hydrogen) atoms. The average molecular weight is 356 g/mol. The van der Waals surface area contributed by atoms with Crippen molar-refractivity contribution < 1.29 is 14.3 Å². The molecule has 0 aromatic carbocycles. The number of rotatable bonds is 10. The highest BCUT2D eigenvalue weighted by Crippen LogP contribution is 2.19. The highest BCUT2D eigenvalue weighted by molar-refractivity contribution is 5.77. The predicted molar refractivity (Wildman–Crippen MR) is 99.8 cm³/mol. The van der Waals surface area contributed by atoms with Crippen molar-refractivity contribution in [2.75, 3.05) is 78.8 Å². The molecule has 0 aliphatic carbocycles. The Morgan fingerprint density at radius 2 is 1.52 bits per heavy atom. The maximum absolute atomic E-state index is 12.1. The van der Waals surface area contributed by atoms with Crippen LogP contribution in [-0.2, 0) is 14.3 Å². The second kappa shape index (κ2) is 11.8. The number of piperidine rings is 1. The van der Waals surface area contributed by atoms with Gasteiger partial charge in [0.25, 0.3) is 0 Å². The van der Waals surface area contributed by atoms with Crippen LogP contribution in [0.3, 0.4) is 0 Å². The molecule has 0 unspecified atom stereocenters. The number of piperazine rings is 1. The van der Waals surface area contributed by atoms with Gasteiger partial charge in [-0.1, -0.05) is 20.3 Å². The van der Waals surface area contributed by atoms with Crippen molar-refractivity contribution in [3.8, 4) is 0 Å². The number of hydrogen-bond donors (Lipinski definition) is 0. The third-order valence-corrected chi connectivity index (χ3v) is 5.61. The molecule has 2 rings (SSSR count). The molecule has 0 saturated carbocycles. The van der Waals surface area contributed by atoms with Crippen molar-refractivity contribution >= 4 is 5.91 Å². The first-order chi connectivity index (χ1) is 12.2. The molecule has 0 atom stereocenters. The Hall–Kier alpha value is -0.690. The van der Waals surface area contributed by atoms with Gasteiger partial charge < -0.3 is 19.3 Å². The van der Waals surface area contributed by atoms with Gasteiger partial charge in [-0.2, -0.15) is 0 Å². The zero-order valence-electron chi connectivity index (χ0n) is 16.3. The summed E-state index contributed by atoms with van der Waals surface area (Å²) in [5.74, 6) is 0.923. The van der Waals surface area contributed by atoms with Gasteiger partial charge in [0.1, 0.15) is 6.61 Å². The topological polar surface area (TPSA) is 45.3 Å². The lowest BCUT2D eigenvalue weighted by atomic mass is 9.94. The van der Waals surface area contributed by atoms with Crippen LogP contribution in [0, 0.1) is 5.92 Å². The van der Waals surface area contributed by atoms with Crippen molar-refractivity contribution in [1.82, 2.24) is 14.7 Å². The minimum Gasteiger partial charge on any atom is -0.378 e. The van der Waals surface area contributed by atoms with E-state index in [0.29, 0.717) is 13.2 Å². The third kappa shape index (κ3) is 7.60. The van der Waals surface area contributed by atoms with E-state index in [-0.39, 0.29) is 12.5 Å². The fourth-order valence-corrected chi connectivity index (χ4v) is 3.58. The lowest BCUT2D eigenvalue weighted by Gasteiger charge is -2.33. The number of ether oxygens (including phenoxy) is 2. The maximum Gasteiger partial charge on any atom is 0.248 e.